The molecule has 0 aliphatic carbocycles. The molecule has 0 radical (unpaired) electrons. The van der Waals surface area contributed by atoms with E-state index in [1.165, 1.54) is 24.3 Å². The predicted molar refractivity (Wildman–Crippen MR) is 85.3 cm³/mol. The Labute approximate surface area is 132 Å². The third-order valence-electron chi connectivity index (χ3n) is 3.17. The summed E-state index contributed by atoms with van der Waals surface area (Å²) in [7, 11) is 1.57. The summed E-state index contributed by atoms with van der Waals surface area (Å²) >= 11 is 0. The van der Waals surface area contributed by atoms with Crippen LogP contribution in [0, 0.1) is 10.1 Å². The van der Waals surface area contributed by atoms with Crippen molar-refractivity contribution in [1.82, 2.24) is 5.32 Å². The number of nitro benzene ring substituents is 1. The normalized spacial score (nSPS) is 9.96. The van der Waals surface area contributed by atoms with Gasteiger partial charge in [-0.3, -0.25) is 19.7 Å². The van der Waals surface area contributed by atoms with Gasteiger partial charge >= 0.3 is 0 Å². The molecule has 23 heavy (non-hydrogen) atoms. The van der Waals surface area contributed by atoms with Crippen LogP contribution in [0.5, 0.6) is 0 Å². The van der Waals surface area contributed by atoms with Gasteiger partial charge in [0.2, 0.25) is 5.91 Å². The van der Waals surface area contributed by atoms with Crippen LogP contribution in [0.4, 0.5) is 11.4 Å². The Bertz CT molecular complexity index is 741. The highest BCUT2D eigenvalue weighted by Crippen LogP contribution is 2.16. The Kier molecular flexibility index (Phi) is 5.03. The first-order valence-corrected chi connectivity index (χ1v) is 6.85. The number of hydrogen-bond donors (Lipinski definition) is 2. The summed E-state index contributed by atoms with van der Waals surface area (Å²) in [6.07, 6.45) is 0.260. The number of carbonyl (C=O) groups is 2. The fourth-order valence-electron chi connectivity index (χ4n) is 1.94. The van der Waals surface area contributed by atoms with E-state index in [4.69, 9.17) is 0 Å². The number of carbonyl (C=O) groups excluding carboxylic acids is 2. The van der Waals surface area contributed by atoms with Crippen molar-refractivity contribution in [1.29, 1.82) is 0 Å². The number of nitrogens with one attached hydrogen (secondary N) is 2. The van der Waals surface area contributed by atoms with Gasteiger partial charge in [0.25, 0.3) is 11.6 Å². The molecule has 0 aromatic heterocycles. The van der Waals surface area contributed by atoms with Crippen molar-refractivity contribution in [2.45, 2.75) is 6.42 Å². The van der Waals surface area contributed by atoms with Gasteiger partial charge in [-0.15, -0.1) is 0 Å². The van der Waals surface area contributed by atoms with E-state index in [0.717, 1.165) is 5.56 Å². The van der Waals surface area contributed by atoms with Crippen LogP contribution in [-0.2, 0) is 11.2 Å². The molecule has 0 atom stereocenters. The smallest absolute Gasteiger partial charge is 0.270 e. The van der Waals surface area contributed by atoms with Gasteiger partial charge in [-0.2, -0.15) is 0 Å². The Balaban J connectivity index is 2.07. The molecule has 2 rings (SSSR count). The molecule has 0 bridgehead atoms. The van der Waals surface area contributed by atoms with Gasteiger partial charge in [0.05, 0.1) is 11.3 Å². The lowest BCUT2D eigenvalue weighted by atomic mass is 10.1. The predicted octanol–water partition coefficient (Wildman–Crippen LogP) is 2.14. The van der Waals surface area contributed by atoms with Gasteiger partial charge in [-0.25, -0.2) is 0 Å². The highest BCUT2D eigenvalue weighted by Gasteiger charge is 2.11. The summed E-state index contributed by atoms with van der Waals surface area (Å²) in [5, 5.41) is 15.9. The van der Waals surface area contributed by atoms with Crippen LogP contribution in [0.2, 0.25) is 0 Å². The van der Waals surface area contributed by atoms with Crippen molar-refractivity contribution in [3.8, 4) is 0 Å². The molecule has 0 spiro atoms. The molecule has 2 N–H and O–H groups in total. The summed E-state index contributed by atoms with van der Waals surface area (Å²) in [6.45, 7) is 0. The van der Waals surface area contributed by atoms with E-state index >= 15 is 0 Å². The highest BCUT2D eigenvalue weighted by atomic mass is 16.6. The molecule has 7 heteroatoms. The number of nitrogens with zero attached hydrogens (tertiary/aromatic N) is 1. The number of likely N-dealkylation sites (N-methyl/N-ethyl adjacent to an activating group) is 1. The van der Waals surface area contributed by atoms with Crippen LogP contribution in [-0.4, -0.2) is 23.8 Å². The van der Waals surface area contributed by atoms with Crippen LogP contribution < -0.4 is 10.6 Å². The third kappa shape index (κ3) is 4.37. The van der Waals surface area contributed by atoms with Crippen molar-refractivity contribution in [3.63, 3.8) is 0 Å². The molecule has 118 valence electrons. The highest BCUT2D eigenvalue weighted by molar-refractivity contribution is 6.04. The molecule has 0 saturated carbocycles. The van der Waals surface area contributed by atoms with Crippen molar-refractivity contribution >= 4 is 23.2 Å². The maximum absolute atomic E-state index is 12.1. The molecule has 7 nitrogen and oxygen atoms in total. The van der Waals surface area contributed by atoms with E-state index in [-0.39, 0.29) is 23.6 Å². The zero-order chi connectivity index (χ0) is 16.8. The number of anilines is 1. The van der Waals surface area contributed by atoms with Crippen LogP contribution in [0.15, 0.2) is 48.5 Å². The van der Waals surface area contributed by atoms with E-state index in [9.17, 15) is 19.7 Å². The average molecular weight is 313 g/mol. The van der Waals surface area contributed by atoms with E-state index < -0.39 is 10.8 Å². The lowest BCUT2D eigenvalue weighted by Gasteiger charge is -2.06. The molecule has 2 aromatic rings. The van der Waals surface area contributed by atoms with Gasteiger partial charge < -0.3 is 10.6 Å². The van der Waals surface area contributed by atoms with E-state index in [1.54, 1.807) is 31.3 Å². The number of amides is 2. The minimum absolute atomic E-state index is 0.0987. The quantitative estimate of drug-likeness (QED) is 0.652. The molecule has 0 aliphatic rings. The summed E-state index contributed by atoms with van der Waals surface area (Å²) in [4.78, 5) is 33.6. The maximum Gasteiger partial charge on any atom is 0.270 e. The standard InChI is InChI=1S/C16H15N3O4/c1-17-15(20)9-11-5-7-13(8-6-11)18-16(21)12-3-2-4-14(10-12)19(22)23/h2-8,10H,9H2,1H3,(H,17,20)(H,18,21). The molecular formula is C16H15N3O4. The molecule has 2 amide bonds. The Morgan fingerprint density at radius 1 is 1.13 bits per heavy atom. The van der Waals surface area contributed by atoms with Crippen molar-refractivity contribution in [3.05, 3.63) is 69.8 Å². The molecule has 0 fully saturated rings. The first-order chi connectivity index (χ1) is 11.0. The van der Waals surface area contributed by atoms with Gasteiger partial charge in [0, 0.05) is 30.4 Å². The van der Waals surface area contributed by atoms with Gasteiger partial charge in [-0.1, -0.05) is 18.2 Å². The average Bonchev–Trinajstić information content (AvgIpc) is 2.56. The summed E-state index contributed by atoms with van der Waals surface area (Å²) in [5.74, 6) is -0.536. The SMILES string of the molecule is CNC(=O)Cc1ccc(NC(=O)c2cccc([N+](=O)[O-])c2)cc1. The maximum atomic E-state index is 12.1. The molecule has 2 aromatic carbocycles. The van der Waals surface area contributed by atoms with Crippen LogP contribution >= 0.6 is 0 Å². The number of benzene rings is 2. The fraction of sp³-hybridized carbons (Fsp3) is 0.125. The molecule has 0 aliphatic heterocycles. The van der Waals surface area contributed by atoms with Crippen LogP contribution in [0.25, 0.3) is 0 Å². The van der Waals surface area contributed by atoms with E-state index in [1.807, 2.05) is 0 Å². The lowest BCUT2D eigenvalue weighted by Crippen LogP contribution is -2.19. The zero-order valence-electron chi connectivity index (χ0n) is 12.4. The zero-order valence-corrected chi connectivity index (χ0v) is 12.4. The van der Waals surface area contributed by atoms with Gasteiger partial charge in [0.1, 0.15) is 0 Å². The van der Waals surface area contributed by atoms with Crippen molar-refractivity contribution in [2.75, 3.05) is 12.4 Å². The van der Waals surface area contributed by atoms with Gasteiger partial charge in [0.15, 0.2) is 0 Å². The Morgan fingerprint density at radius 2 is 1.83 bits per heavy atom. The largest absolute Gasteiger partial charge is 0.359 e. The molecule has 0 saturated heterocycles. The molecule has 0 unspecified atom stereocenters. The number of hydrogen-bond acceptors (Lipinski definition) is 4. The summed E-state index contributed by atoms with van der Waals surface area (Å²) < 4.78 is 0. The van der Waals surface area contributed by atoms with Gasteiger partial charge in [-0.05, 0) is 23.8 Å². The fourth-order valence-corrected chi connectivity index (χ4v) is 1.94. The first-order valence-electron chi connectivity index (χ1n) is 6.85. The minimum Gasteiger partial charge on any atom is -0.359 e. The van der Waals surface area contributed by atoms with Crippen molar-refractivity contribution < 1.29 is 14.5 Å². The lowest BCUT2D eigenvalue weighted by molar-refractivity contribution is -0.384. The van der Waals surface area contributed by atoms with Crippen molar-refractivity contribution in [2.24, 2.45) is 0 Å². The van der Waals surface area contributed by atoms with E-state index in [0.29, 0.717) is 5.69 Å². The Morgan fingerprint density at radius 3 is 2.43 bits per heavy atom. The topological polar surface area (TPSA) is 101 Å². The first kappa shape index (κ1) is 16.2. The van der Waals surface area contributed by atoms with E-state index in [2.05, 4.69) is 10.6 Å². The summed E-state index contributed by atoms with van der Waals surface area (Å²) in [5.41, 5.74) is 1.42. The van der Waals surface area contributed by atoms with Crippen LogP contribution in [0.3, 0.4) is 0 Å². The third-order valence-corrected chi connectivity index (χ3v) is 3.17. The minimum atomic E-state index is -0.551. The second-order valence-corrected chi connectivity index (χ2v) is 4.81. The van der Waals surface area contributed by atoms with Crippen LogP contribution in [0.1, 0.15) is 15.9 Å². The monoisotopic (exact) mass is 313 g/mol. The number of non-ortho nitro benzene ring substituents is 1. The summed E-state index contributed by atoms with van der Waals surface area (Å²) in [6, 6.07) is 12.3. The Hall–Kier alpha value is -3.22. The molecular weight excluding hydrogens is 298 g/mol. The second kappa shape index (κ2) is 7.17. The number of rotatable bonds is 5. The molecule has 0 heterocycles. The second-order valence-electron chi connectivity index (χ2n) is 4.81. The number of nitro groups is 1.